The van der Waals surface area contributed by atoms with Gasteiger partial charge in [-0.25, -0.2) is 0 Å². The lowest BCUT2D eigenvalue weighted by molar-refractivity contribution is 0.104. The zero-order valence-corrected chi connectivity index (χ0v) is 15.0. The Morgan fingerprint density at radius 2 is 1.58 bits per heavy atom. The van der Waals surface area contributed by atoms with E-state index in [0.29, 0.717) is 16.3 Å². The molecule has 0 fully saturated rings. The molecule has 3 nitrogen and oxygen atoms in total. The van der Waals surface area contributed by atoms with Crippen molar-refractivity contribution in [3.05, 3.63) is 101 Å². The SMILES string of the molecule is COc1ccc(N/C(=C/C(=O)c2ccccc2Cl)c2ccccc2)cc1. The van der Waals surface area contributed by atoms with Gasteiger partial charge < -0.3 is 10.1 Å². The lowest BCUT2D eigenvalue weighted by Gasteiger charge is -2.12. The number of hydrogen-bond acceptors (Lipinski definition) is 3. The molecule has 3 aromatic rings. The number of rotatable bonds is 6. The van der Waals surface area contributed by atoms with E-state index in [0.717, 1.165) is 17.0 Å². The average Bonchev–Trinajstić information content (AvgIpc) is 2.69. The molecule has 0 atom stereocenters. The van der Waals surface area contributed by atoms with E-state index in [1.54, 1.807) is 37.5 Å². The summed E-state index contributed by atoms with van der Waals surface area (Å²) in [5, 5.41) is 3.74. The first kappa shape index (κ1) is 17.8. The van der Waals surface area contributed by atoms with Crippen LogP contribution in [-0.2, 0) is 0 Å². The summed E-state index contributed by atoms with van der Waals surface area (Å²) < 4.78 is 5.18. The van der Waals surface area contributed by atoms with E-state index in [9.17, 15) is 4.79 Å². The van der Waals surface area contributed by atoms with Crippen molar-refractivity contribution in [3.63, 3.8) is 0 Å². The molecule has 0 amide bonds. The Hall–Kier alpha value is -3.04. The van der Waals surface area contributed by atoms with E-state index in [4.69, 9.17) is 16.3 Å². The third-order valence-corrected chi connectivity index (χ3v) is 4.20. The molecule has 0 spiro atoms. The lowest BCUT2D eigenvalue weighted by Crippen LogP contribution is -2.04. The molecule has 0 saturated carbocycles. The minimum absolute atomic E-state index is 0.157. The molecule has 0 aliphatic carbocycles. The van der Waals surface area contributed by atoms with Gasteiger partial charge in [0.2, 0.25) is 0 Å². The van der Waals surface area contributed by atoms with E-state index in [2.05, 4.69) is 5.32 Å². The van der Waals surface area contributed by atoms with E-state index in [1.807, 2.05) is 54.6 Å². The maximum Gasteiger partial charge on any atom is 0.189 e. The first-order valence-electron chi connectivity index (χ1n) is 8.14. The van der Waals surface area contributed by atoms with Crippen molar-refractivity contribution in [2.75, 3.05) is 12.4 Å². The largest absolute Gasteiger partial charge is 0.497 e. The lowest BCUT2D eigenvalue weighted by atomic mass is 10.1. The van der Waals surface area contributed by atoms with Crippen LogP contribution in [-0.4, -0.2) is 12.9 Å². The fourth-order valence-electron chi connectivity index (χ4n) is 2.51. The van der Waals surface area contributed by atoms with Crippen molar-refractivity contribution in [1.29, 1.82) is 0 Å². The molecule has 0 aliphatic rings. The summed E-state index contributed by atoms with van der Waals surface area (Å²) in [5.41, 5.74) is 2.93. The Morgan fingerprint density at radius 1 is 0.923 bits per heavy atom. The molecule has 3 rings (SSSR count). The van der Waals surface area contributed by atoms with E-state index >= 15 is 0 Å². The number of ketones is 1. The van der Waals surface area contributed by atoms with Gasteiger partial charge in [-0.15, -0.1) is 0 Å². The van der Waals surface area contributed by atoms with Gasteiger partial charge in [0.1, 0.15) is 5.75 Å². The number of carbonyl (C=O) groups is 1. The highest BCUT2D eigenvalue weighted by atomic mass is 35.5. The monoisotopic (exact) mass is 363 g/mol. The van der Waals surface area contributed by atoms with Gasteiger partial charge in [-0.05, 0) is 42.0 Å². The molecule has 0 aliphatic heterocycles. The molecule has 0 bridgehead atoms. The van der Waals surface area contributed by atoms with Crippen LogP contribution in [0.25, 0.3) is 5.70 Å². The zero-order valence-electron chi connectivity index (χ0n) is 14.3. The van der Waals surface area contributed by atoms with Crippen LogP contribution in [0.3, 0.4) is 0 Å². The molecule has 3 aromatic carbocycles. The highest BCUT2D eigenvalue weighted by molar-refractivity contribution is 6.34. The van der Waals surface area contributed by atoms with Gasteiger partial charge in [0.15, 0.2) is 5.78 Å². The summed E-state index contributed by atoms with van der Waals surface area (Å²) in [4.78, 5) is 12.7. The van der Waals surface area contributed by atoms with Crippen molar-refractivity contribution < 1.29 is 9.53 Å². The van der Waals surface area contributed by atoms with Gasteiger partial charge >= 0.3 is 0 Å². The van der Waals surface area contributed by atoms with Crippen molar-refractivity contribution >= 4 is 28.8 Å². The highest BCUT2D eigenvalue weighted by Gasteiger charge is 2.10. The van der Waals surface area contributed by atoms with Crippen molar-refractivity contribution in [1.82, 2.24) is 0 Å². The summed E-state index contributed by atoms with van der Waals surface area (Å²) >= 11 is 6.16. The van der Waals surface area contributed by atoms with Crippen LogP contribution >= 0.6 is 11.6 Å². The quantitative estimate of drug-likeness (QED) is 0.452. The van der Waals surface area contributed by atoms with Crippen LogP contribution in [0.4, 0.5) is 5.69 Å². The number of nitrogens with one attached hydrogen (secondary N) is 1. The Balaban J connectivity index is 1.95. The molecule has 0 aromatic heterocycles. The van der Waals surface area contributed by atoms with Gasteiger partial charge in [-0.2, -0.15) is 0 Å². The molecule has 0 unspecified atom stereocenters. The first-order valence-corrected chi connectivity index (χ1v) is 8.52. The van der Waals surface area contributed by atoms with E-state index in [-0.39, 0.29) is 5.78 Å². The molecular weight excluding hydrogens is 346 g/mol. The summed E-state index contributed by atoms with van der Waals surface area (Å²) in [6, 6.07) is 24.2. The van der Waals surface area contributed by atoms with Gasteiger partial charge in [-0.3, -0.25) is 4.79 Å². The molecular formula is C22H18ClNO2. The van der Waals surface area contributed by atoms with Crippen LogP contribution in [0.2, 0.25) is 5.02 Å². The van der Waals surface area contributed by atoms with Crippen LogP contribution < -0.4 is 10.1 Å². The van der Waals surface area contributed by atoms with Crippen molar-refractivity contribution in [3.8, 4) is 5.75 Å². The summed E-state index contributed by atoms with van der Waals surface area (Å²) in [6.45, 7) is 0. The molecule has 0 radical (unpaired) electrons. The fourth-order valence-corrected chi connectivity index (χ4v) is 2.74. The van der Waals surface area contributed by atoms with Crippen LogP contribution in [0.15, 0.2) is 84.9 Å². The summed E-state index contributed by atoms with van der Waals surface area (Å²) in [5.74, 6) is 0.614. The third kappa shape index (κ3) is 4.32. The molecule has 130 valence electrons. The maximum absolute atomic E-state index is 12.7. The van der Waals surface area contributed by atoms with Crippen LogP contribution in [0.5, 0.6) is 5.75 Å². The molecule has 0 heterocycles. The topological polar surface area (TPSA) is 38.3 Å². The van der Waals surface area contributed by atoms with Gasteiger partial charge in [0.25, 0.3) is 0 Å². The first-order chi connectivity index (χ1) is 12.7. The fraction of sp³-hybridized carbons (Fsp3) is 0.0455. The van der Waals surface area contributed by atoms with Crippen molar-refractivity contribution in [2.45, 2.75) is 0 Å². The number of methoxy groups -OCH3 is 1. The predicted octanol–water partition coefficient (Wildman–Crippen LogP) is 5.68. The Kier molecular flexibility index (Phi) is 5.72. The number of benzene rings is 3. The van der Waals surface area contributed by atoms with E-state index in [1.165, 1.54) is 0 Å². The number of allylic oxidation sites excluding steroid dienone is 1. The zero-order chi connectivity index (χ0) is 18.4. The molecule has 0 saturated heterocycles. The van der Waals surface area contributed by atoms with E-state index < -0.39 is 0 Å². The van der Waals surface area contributed by atoms with Gasteiger partial charge in [0.05, 0.1) is 12.1 Å². The standard InChI is InChI=1S/C22H18ClNO2/c1-26-18-13-11-17(12-14-18)24-21(16-7-3-2-4-8-16)15-22(25)19-9-5-6-10-20(19)23/h2-15,24H,1H3/b21-15+. The average molecular weight is 364 g/mol. The normalized spacial score (nSPS) is 11.1. The Bertz CT molecular complexity index is 918. The Morgan fingerprint density at radius 3 is 2.23 bits per heavy atom. The minimum Gasteiger partial charge on any atom is -0.497 e. The number of halogens is 1. The molecule has 1 N–H and O–H groups in total. The number of ether oxygens (including phenoxy) is 1. The number of hydrogen-bond donors (Lipinski definition) is 1. The van der Waals surface area contributed by atoms with Crippen LogP contribution in [0.1, 0.15) is 15.9 Å². The highest BCUT2D eigenvalue weighted by Crippen LogP contribution is 2.23. The van der Waals surface area contributed by atoms with Crippen molar-refractivity contribution in [2.24, 2.45) is 0 Å². The molecule has 4 heteroatoms. The summed E-state index contributed by atoms with van der Waals surface area (Å²) in [7, 11) is 1.63. The van der Waals surface area contributed by atoms with Gasteiger partial charge in [0, 0.05) is 23.0 Å². The second kappa shape index (κ2) is 8.37. The second-order valence-corrected chi connectivity index (χ2v) is 6.03. The van der Waals surface area contributed by atoms with Gasteiger partial charge in [-0.1, -0.05) is 54.1 Å². The smallest absolute Gasteiger partial charge is 0.189 e. The number of anilines is 1. The molecule has 26 heavy (non-hydrogen) atoms. The Labute approximate surface area is 157 Å². The third-order valence-electron chi connectivity index (χ3n) is 3.87. The number of carbonyl (C=O) groups excluding carboxylic acids is 1. The second-order valence-electron chi connectivity index (χ2n) is 5.62. The van der Waals surface area contributed by atoms with Crippen LogP contribution in [0, 0.1) is 0 Å². The minimum atomic E-state index is -0.157. The predicted molar refractivity (Wildman–Crippen MR) is 107 cm³/mol. The maximum atomic E-state index is 12.7. The summed E-state index contributed by atoms with van der Waals surface area (Å²) in [6.07, 6.45) is 1.57.